The smallest absolute Gasteiger partial charge is 0.338 e. The summed E-state index contributed by atoms with van der Waals surface area (Å²) in [5, 5.41) is 2.72. The van der Waals surface area contributed by atoms with Gasteiger partial charge in [0.25, 0.3) is 0 Å². The van der Waals surface area contributed by atoms with E-state index in [9.17, 15) is 14.4 Å². The topological polar surface area (TPSA) is 81.7 Å². The monoisotopic (exact) mass is 371 g/mol. The van der Waals surface area contributed by atoms with Gasteiger partial charge in [-0.2, -0.15) is 0 Å². The lowest BCUT2D eigenvalue weighted by Crippen LogP contribution is -2.19. The summed E-state index contributed by atoms with van der Waals surface area (Å²) in [4.78, 5) is 36.7. The van der Waals surface area contributed by atoms with Crippen LogP contribution in [-0.2, 0) is 9.53 Å². The van der Waals surface area contributed by atoms with Gasteiger partial charge in [0.15, 0.2) is 12.4 Å². The van der Waals surface area contributed by atoms with Crippen molar-refractivity contribution in [1.29, 1.82) is 0 Å². The molecule has 6 nitrogen and oxygen atoms in total. The molecular formula is C19H17NO5S. The van der Waals surface area contributed by atoms with Crippen molar-refractivity contribution in [3.05, 3.63) is 53.6 Å². The minimum absolute atomic E-state index is 0.112. The van der Waals surface area contributed by atoms with Crippen molar-refractivity contribution in [1.82, 2.24) is 0 Å². The molecule has 7 heteroatoms. The van der Waals surface area contributed by atoms with Crippen LogP contribution in [0.5, 0.6) is 5.75 Å². The van der Waals surface area contributed by atoms with Gasteiger partial charge in [0.2, 0.25) is 5.91 Å². The first-order valence-electron chi connectivity index (χ1n) is 8.06. The zero-order valence-electron chi connectivity index (χ0n) is 14.1. The van der Waals surface area contributed by atoms with Gasteiger partial charge < -0.3 is 14.8 Å². The molecule has 1 N–H and O–H groups in total. The van der Waals surface area contributed by atoms with E-state index in [0.29, 0.717) is 29.4 Å². The first-order chi connectivity index (χ1) is 12.6. The van der Waals surface area contributed by atoms with E-state index in [0.717, 1.165) is 4.90 Å². The van der Waals surface area contributed by atoms with Crippen LogP contribution in [0, 0.1) is 0 Å². The molecule has 0 saturated carbocycles. The molecule has 3 rings (SSSR count). The molecule has 0 saturated heterocycles. The minimum Gasteiger partial charge on any atom is -0.494 e. The van der Waals surface area contributed by atoms with E-state index in [1.807, 2.05) is 6.92 Å². The van der Waals surface area contributed by atoms with E-state index >= 15 is 0 Å². The zero-order valence-corrected chi connectivity index (χ0v) is 14.9. The SMILES string of the molecule is CCOc1ccc(C(=O)COC(=O)c2ccc3c(c2)NC(=O)CS3)cc1. The molecule has 2 aromatic carbocycles. The van der Waals surface area contributed by atoms with Crippen LogP contribution in [0.2, 0.25) is 0 Å². The Morgan fingerprint density at radius 2 is 1.85 bits per heavy atom. The van der Waals surface area contributed by atoms with E-state index < -0.39 is 5.97 Å². The minimum atomic E-state index is -0.614. The highest BCUT2D eigenvalue weighted by Crippen LogP contribution is 2.32. The highest BCUT2D eigenvalue weighted by molar-refractivity contribution is 8.00. The van der Waals surface area contributed by atoms with Gasteiger partial charge in [0.05, 0.1) is 23.6 Å². The van der Waals surface area contributed by atoms with Crippen LogP contribution in [0.4, 0.5) is 5.69 Å². The van der Waals surface area contributed by atoms with Crippen LogP contribution in [0.3, 0.4) is 0 Å². The van der Waals surface area contributed by atoms with Gasteiger partial charge in [-0.05, 0) is 49.4 Å². The van der Waals surface area contributed by atoms with E-state index in [4.69, 9.17) is 9.47 Å². The number of carbonyl (C=O) groups excluding carboxylic acids is 3. The highest BCUT2D eigenvalue weighted by atomic mass is 32.2. The largest absolute Gasteiger partial charge is 0.494 e. The van der Waals surface area contributed by atoms with Gasteiger partial charge in [-0.25, -0.2) is 4.79 Å². The third kappa shape index (κ3) is 4.23. The Bertz CT molecular complexity index is 848. The molecule has 0 aromatic heterocycles. The van der Waals surface area contributed by atoms with Gasteiger partial charge in [0, 0.05) is 10.5 Å². The van der Waals surface area contributed by atoms with Gasteiger partial charge >= 0.3 is 5.97 Å². The van der Waals surface area contributed by atoms with Gasteiger partial charge in [0.1, 0.15) is 5.75 Å². The molecule has 0 atom stereocenters. The molecule has 134 valence electrons. The molecule has 0 fully saturated rings. The van der Waals surface area contributed by atoms with Crippen LogP contribution in [0.1, 0.15) is 27.6 Å². The highest BCUT2D eigenvalue weighted by Gasteiger charge is 2.18. The fourth-order valence-electron chi connectivity index (χ4n) is 2.41. The fourth-order valence-corrected chi connectivity index (χ4v) is 3.20. The molecule has 1 amide bonds. The Morgan fingerprint density at radius 3 is 2.58 bits per heavy atom. The number of benzene rings is 2. The van der Waals surface area contributed by atoms with Crippen molar-refractivity contribution < 1.29 is 23.9 Å². The number of ether oxygens (including phenoxy) is 2. The molecule has 0 unspecified atom stereocenters. The second kappa shape index (κ2) is 8.05. The second-order valence-corrected chi connectivity index (χ2v) is 6.52. The van der Waals surface area contributed by atoms with Crippen LogP contribution in [0.15, 0.2) is 47.4 Å². The predicted molar refractivity (Wildman–Crippen MR) is 98.0 cm³/mol. The average Bonchev–Trinajstić information content (AvgIpc) is 2.66. The molecule has 1 heterocycles. The van der Waals surface area contributed by atoms with Gasteiger partial charge in [-0.3, -0.25) is 9.59 Å². The number of amides is 1. The molecule has 1 aliphatic heterocycles. The quantitative estimate of drug-likeness (QED) is 0.620. The first kappa shape index (κ1) is 18.0. The van der Waals surface area contributed by atoms with E-state index in [2.05, 4.69) is 5.32 Å². The lowest BCUT2D eigenvalue weighted by Gasteiger charge is -2.16. The number of esters is 1. The Hall–Kier alpha value is -2.80. The number of anilines is 1. The van der Waals surface area contributed by atoms with E-state index in [1.54, 1.807) is 42.5 Å². The molecule has 0 bridgehead atoms. The lowest BCUT2D eigenvalue weighted by atomic mass is 10.1. The summed E-state index contributed by atoms with van der Waals surface area (Å²) in [5.41, 5.74) is 1.31. The summed E-state index contributed by atoms with van der Waals surface area (Å²) in [6, 6.07) is 11.6. The van der Waals surface area contributed by atoms with Crippen molar-refractivity contribution in [3.63, 3.8) is 0 Å². The van der Waals surface area contributed by atoms with Crippen molar-refractivity contribution in [2.75, 3.05) is 24.3 Å². The second-order valence-electron chi connectivity index (χ2n) is 5.50. The molecule has 0 radical (unpaired) electrons. The number of Topliss-reactive ketones (excluding diaryl/α,β-unsaturated/α-hetero) is 1. The summed E-state index contributed by atoms with van der Waals surface area (Å²) < 4.78 is 10.4. The predicted octanol–water partition coefficient (Wildman–Crippen LogP) is 3.17. The number of nitrogens with one attached hydrogen (secondary N) is 1. The van der Waals surface area contributed by atoms with Crippen LogP contribution in [-0.4, -0.2) is 36.6 Å². The van der Waals surface area contributed by atoms with Crippen LogP contribution in [0.25, 0.3) is 0 Å². The summed E-state index contributed by atoms with van der Waals surface area (Å²) in [5.74, 6) is 0.00162. The Morgan fingerprint density at radius 1 is 1.12 bits per heavy atom. The number of hydrogen-bond acceptors (Lipinski definition) is 6. The van der Waals surface area contributed by atoms with Crippen molar-refractivity contribution >= 4 is 35.1 Å². The maximum atomic E-state index is 12.2. The fraction of sp³-hybridized carbons (Fsp3) is 0.211. The van der Waals surface area contributed by atoms with Crippen LogP contribution < -0.4 is 10.1 Å². The van der Waals surface area contributed by atoms with Crippen molar-refractivity contribution in [2.45, 2.75) is 11.8 Å². The first-order valence-corrected chi connectivity index (χ1v) is 9.05. The number of carbonyl (C=O) groups is 3. The van der Waals surface area contributed by atoms with E-state index in [-0.39, 0.29) is 23.9 Å². The van der Waals surface area contributed by atoms with Gasteiger partial charge in [-0.15, -0.1) is 11.8 Å². The molecule has 1 aliphatic rings. The average molecular weight is 371 g/mol. The normalized spacial score (nSPS) is 12.7. The summed E-state index contributed by atoms with van der Waals surface area (Å²) in [6.07, 6.45) is 0. The molecule has 0 spiro atoms. The Balaban J connectivity index is 1.60. The van der Waals surface area contributed by atoms with Crippen molar-refractivity contribution in [2.24, 2.45) is 0 Å². The van der Waals surface area contributed by atoms with Gasteiger partial charge in [-0.1, -0.05) is 0 Å². The van der Waals surface area contributed by atoms with E-state index in [1.165, 1.54) is 11.8 Å². The summed E-state index contributed by atoms with van der Waals surface area (Å²) in [7, 11) is 0. The molecule has 2 aromatic rings. The number of rotatable bonds is 6. The number of hydrogen-bond donors (Lipinski definition) is 1. The summed E-state index contributed by atoms with van der Waals surface area (Å²) >= 11 is 1.41. The third-order valence-electron chi connectivity index (χ3n) is 3.67. The Labute approximate surface area is 154 Å². The van der Waals surface area contributed by atoms with Crippen molar-refractivity contribution in [3.8, 4) is 5.75 Å². The zero-order chi connectivity index (χ0) is 18.5. The summed E-state index contributed by atoms with van der Waals surface area (Å²) in [6.45, 7) is 2.07. The molecule has 0 aliphatic carbocycles. The number of fused-ring (bicyclic) bond motifs is 1. The standard InChI is InChI=1S/C19H17NO5S/c1-2-24-14-6-3-12(4-7-14)16(21)10-25-19(23)13-5-8-17-15(9-13)20-18(22)11-26-17/h3-9H,2,10-11H2,1H3,(H,20,22). The Kier molecular flexibility index (Phi) is 5.58. The maximum Gasteiger partial charge on any atom is 0.338 e. The molecular weight excluding hydrogens is 354 g/mol. The molecule has 26 heavy (non-hydrogen) atoms. The number of thioether (sulfide) groups is 1. The maximum absolute atomic E-state index is 12.2. The lowest BCUT2D eigenvalue weighted by molar-refractivity contribution is -0.113. The number of ketones is 1. The third-order valence-corrected chi connectivity index (χ3v) is 4.74. The van der Waals surface area contributed by atoms with Crippen LogP contribution >= 0.6 is 11.8 Å².